The molecule has 0 fully saturated rings. The van der Waals surface area contributed by atoms with Gasteiger partial charge in [0.05, 0.1) is 24.0 Å². The van der Waals surface area contributed by atoms with Crippen molar-refractivity contribution in [3.05, 3.63) is 35.4 Å². The van der Waals surface area contributed by atoms with Gasteiger partial charge in [0.25, 0.3) is 0 Å². The van der Waals surface area contributed by atoms with Crippen LogP contribution in [0.15, 0.2) is 29.3 Å². The predicted molar refractivity (Wildman–Crippen MR) is 65.9 cm³/mol. The van der Waals surface area contributed by atoms with Crippen LogP contribution in [0.5, 0.6) is 0 Å². The highest BCUT2D eigenvalue weighted by Crippen LogP contribution is 2.14. The van der Waals surface area contributed by atoms with Crippen molar-refractivity contribution in [3.63, 3.8) is 0 Å². The van der Waals surface area contributed by atoms with E-state index < -0.39 is 0 Å². The van der Waals surface area contributed by atoms with E-state index in [0.717, 1.165) is 5.56 Å². The zero-order valence-electron chi connectivity index (χ0n) is 9.99. The number of hydrogen-bond donors (Lipinski definition) is 1. The smallest absolute Gasteiger partial charge is 0.0995 e. The average Bonchev–Trinajstić information content (AvgIpc) is 2.25. The maximum Gasteiger partial charge on any atom is 0.0995 e. The standard InChI is InChI=1S/C13H17N3/c1-13(2,3)12(15)16-9-11-6-4-5-10(7-11)8-14/h4-7H,9H2,1-3H3,(H2,15,16). The lowest BCUT2D eigenvalue weighted by atomic mass is 9.95. The van der Waals surface area contributed by atoms with Crippen LogP contribution in [-0.4, -0.2) is 5.84 Å². The second kappa shape index (κ2) is 4.80. The Labute approximate surface area is 96.6 Å². The average molecular weight is 215 g/mol. The van der Waals surface area contributed by atoms with Crippen LogP contribution < -0.4 is 5.73 Å². The van der Waals surface area contributed by atoms with Crippen LogP contribution in [0.3, 0.4) is 0 Å². The van der Waals surface area contributed by atoms with Crippen LogP contribution >= 0.6 is 0 Å². The zero-order chi connectivity index (χ0) is 12.2. The summed E-state index contributed by atoms with van der Waals surface area (Å²) in [5.41, 5.74) is 7.41. The molecule has 0 atom stereocenters. The Balaban J connectivity index is 2.79. The molecule has 0 bridgehead atoms. The van der Waals surface area contributed by atoms with Crippen LogP contribution in [0.4, 0.5) is 0 Å². The van der Waals surface area contributed by atoms with E-state index in [-0.39, 0.29) is 5.41 Å². The summed E-state index contributed by atoms with van der Waals surface area (Å²) in [7, 11) is 0. The number of nitrogens with two attached hydrogens (primary N) is 1. The first-order valence-electron chi connectivity index (χ1n) is 5.23. The molecule has 1 aromatic rings. The van der Waals surface area contributed by atoms with Gasteiger partial charge in [0, 0.05) is 5.41 Å². The molecule has 0 aliphatic heterocycles. The van der Waals surface area contributed by atoms with E-state index in [1.165, 1.54) is 0 Å². The van der Waals surface area contributed by atoms with Crippen LogP contribution in [0.2, 0.25) is 0 Å². The van der Waals surface area contributed by atoms with Gasteiger partial charge < -0.3 is 5.73 Å². The van der Waals surface area contributed by atoms with Gasteiger partial charge in [-0.25, -0.2) is 0 Å². The van der Waals surface area contributed by atoms with Gasteiger partial charge in [-0.2, -0.15) is 5.26 Å². The summed E-state index contributed by atoms with van der Waals surface area (Å²) in [6, 6.07) is 9.52. The van der Waals surface area contributed by atoms with E-state index in [0.29, 0.717) is 17.9 Å². The summed E-state index contributed by atoms with van der Waals surface area (Å²) in [6.07, 6.45) is 0. The van der Waals surface area contributed by atoms with Crippen molar-refractivity contribution in [2.24, 2.45) is 16.1 Å². The number of nitriles is 1. The summed E-state index contributed by atoms with van der Waals surface area (Å²) in [5.74, 6) is 0.634. The molecule has 0 aliphatic carbocycles. The number of rotatable bonds is 2. The number of benzene rings is 1. The lowest BCUT2D eigenvalue weighted by Gasteiger charge is -2.17. The van der Waals surface area contributed by atoms with Gasteiger partial charge in [0.1, 0.15) is 0 Å². The van der Waals surface area contributed by atoms with E-state index in [4.69, 9.17) is 11.0 Å². The highest BCUT2D eigenvalue weighted by atomic mass is 14.9. The first-order chi connectivity index (χ1) is 7.43. The quantitative estimate of drug-likeness (QED) is 0.608. The first-order valence-corrected chi connectivity index (χ1v) is 5.23. The van der Waals surface area contributed by atoms with Crippen molar-refractivity contribution in [1.82, 2.24) is 0 Å². The molecule has 1 aromatic carbocycles. The van der Waals surface area contributed by atoms with Gasteiger partial charge in [-0.3, -0.25) is 4.99 Å². The second-order valence-corrected chi connectivity index (χ2v) is 4.76. The van der Waals surface area contributed by atoms with Crippen molar-refractivity contribution in [2.75, 3.05) is 0 Å². The summed E-state index contributed by atoms with van der Waals surface area (Å²) >= 11 is 0. The highest BCUT2D eigenvalue weighted by Gasteiger charge is 2.14. The molecule has 0 saturated carbocycles. The minimum Gasteiger partial charge on any atom is -0.387 e. The van der Waals surface area contributed by atoms with Gasteiger partial charge in [-0.15, -0.1) is 0 Å². The van der Waals surface area contributed by atoms with Crippen LogP contribution in [0, 0.1) is 16.7 Å². The topological polar surface area (TPSA) is 62.2 Å². The molecule has 3 heteroatoms. The van der Waals surface area contributed by atoms with Crippen molar-refractivity contribution < 1.29 is 0 Å². The molecule has 0 spiro atoms. The Hall–Kier alpha value is -1.82. The molecule has 2 N–H and O–H groups in total. The molecule has 84 valence electrons. The molecule has 0 radical (unpaired) electrons. The Bertz CT molecular complexity index is 433. The van der Waals surface area contributed by atoms with E-state index in [1.54, 1.807) is 6.07 Å². The Kier molecular flexibility index (Phi) is 3.68. The number of hydrogen-bond acceptors (Lipinski definition) is 2. The summed E-state index contributed by atoms with van der Waals surface area (Å²) < 4.78 is 0. The molecule has 0 aromatic heterocycles. The Morgan fingerprint density at radius 2 is 2.12 bits per heavy atom. The number of amidine groups is 1. The fourth-order valence-corrected chi connectivity index (χ4v) is 1.15. The Morgan fingerprint density at radius 3 is 2.69 bits per heavy atom. The van der Waals surface area contributed by atoms with Gasteiger partial charge in [-0.1, -0.05) is 32.9 Å². The SMILES string of the molecule is CC(C)(C)C(N)=NCc1cccc(C#N)c1. The van der Waals surface area contributed by atoms with Gasteiger partial charge in [0.2, 0.25) is 0 Å². The third kappa shape index (κ3) is 3.39. The second-order valence-electron chi connectivity index (χ2n) is 4.76. The molecule has 0 unspecified atom stereocenters. The van der Waals surface area contributed by atoms with Crippen LogP contribution in [0.1, 0.15) is 31.9 Å². The summed E-state index contributed by atoms with van der Waals surface area (Å²) in [6.45, 7) is 6.60. The Morgan fingerprint density at radius 1 is 1.44 bits per heavy atom. The fraction of sp³-hybridized carbons (Fsp3) is 0.385. The van der Waals surface area contributed by atoms with Crippen molar-refractivity contribution in [2.45, 2.75) is 27.3 Å². The number of aliphatic imine (C=N–C) groups is 1. The minimum atomic E-state index is -0.104. The lowest BCUT2D eigenvalue weighted by Crippen LogP contribution is -2.28. The normalized spacial score (nSPS) is 12.2. The van der Waals surface area contributed by atoms with E-state index in [2.05, 4.69) is 11.1 Å². The fourth-order valence-electron chi connectivity index (χ4n) is 1.15. The number of nitrogens with zero attached hydrogens (tertiary/aromatic N) is 2. The molecular formula is C13H17N3. The molecule has 3 nitrogen and oxygen atoms in total. The third-order valence-electron chi connectivity index (χ3n) is 2.26. The predicted octanol–water partition coefficient (Wildman–Crippen LogP) is 2.46. The van der Waals surface area contributed by atoms with Crippen LogP contribution in [-0.2, 0) is 6.54 Å². The molecule has 16 heavy (non-hydrogen) atoms. The van der Waals surface area contributed by atoms with Gasteiger partial charge in [0.15, 0.2) is 0 Å². The van der Waals surface area contributed by atoms with E-state index in [9.17, 15) is 0 Å². The van der Waals surface area contributed by atoms with E-state index >= 15 is 0 Å². The lowest BCUT2D eigenvalue weighted by molar-refractivity contribution is 0.581. The maximum atomic E-state index is 8.76. The largest absolute Gasteiger partial charge is 0.387 e. The van der Waals surface area contributed by atoms with Gasteiger partial charge >= 0.3 is 0 Å². The minimum absolute atomic E-state index is 0.104. The summed E-state index contributed by atoms with van der Waals surface area (Å²) in [5, 5.41) is 8.76. The third-order valence-corrected chi connectivity index (χ3v) is 2.26. The first kappa shape index (κ1) is 12.3. The zero-order valence-corrected chi connectivity index (χ0v) is 9.99. The van der Waals surface area contributed by atoms with Crippen molar-refractivity contribution in [1.29, 1.82) is 5.26 Å². The van der Waals surface area contributed by atoms with E-state index in [1.807, 2.05) is 39.0 Å². The molecule has 0 heterocycles. The van der Waals surface area contributed by atoms with Crippen molar-refractivity contribution >= 4 is 5.84 Å². The van der Waals surface area contributed by atoms with Crippen LogP contribution in [0.25, 0.3) is 0 Å². The highest BCUT2D eigenvalue weighted by molar-refractivity contribution is 5.85. The maximum absolute atomic E-state index is 8.76. The monoisotopic (exact) mass is 215 g/mol. The molecule has 0 saturated heterocycles. The van der Waals surface area contributed by atoms with Crippen molar-refractivity contribution in [3.8, 4) is 6.07 Å². The molecule has 0 amide bonds. The molecule has 1 rings (SSSR count). The van der Waals surface area contributed by atoms with Gasteiger partial charge in [-0.05, 0) is 17.7 Å². The molecular weight excluding hydrogens is 198 g/mol. The summed E-state index contributed by atoms with van der Waals surface area (Å²) in [4.78, 5) is 4.33. The molecule has 0 aliphatic rings.